The number of amides is 2. The Balaban J connectivity index is 1.74. The quantitative estimate of drug-likeness (QED) is 0.796. The molecule has 0 saturated heterocycles. The van der Waals surface area contributed by atoms with Crippen LogP contribution in [0.1, 0.15) is 58.3 Å². The topological polar surface area (TPSA) is 41.1 Å². The van der Waals surface area contributed by atoms with Gasteiger partial charge in [-0.15, -0.1) is 0 Å². The van der Waals surface area contributed by atoms with Crippen LogP contribution in [0.3, 0.4) is 0 Å². The zero-order valence-electron chi connectivity index (χ0n) is 12.5. The second kappa shape index (κ2) is 6.88. The van der Waals surface area contributed by atoms with Crippen molar-refractivity contribution in [2.75, 3.05) is 0 Å². The number of rotatable bonds is 2. The number of carbonyl (C=O) groups excluding carboxylic acids is 1. The molecule has 2 atom stereocenters. The van der Waals surface area contributed by atoms with E-state index in [0.29, 0.717) is 18.8 Å². The van der Waals surface area contributed by atoms with Crippen LogP contribution < -0.4 is 10.6 Å². The molecule has 2 aliphatic carbocycles. The molecule has 0 aromatic carbocycles. The predicted octanol–water partition coefficient (Wildman–Crippen LogP) is 3.99. The van der Waals surface area contributed by atoms with Crippen LogP contribution in [0.25, 0.3) is 0 Å². The number of hydrogen-bond acceptors (Lipinski definition) is 1. The smallest absolute Gasteiger partial charge is 0.335 e. The van der Waals surface area contributed by atoms with E-state index in [0.717, 1.165) is 25.7 Å². The summed E-state index contributed by atoms with van der Waals surface area (Å²) in [4.78, 5) is 11.9. The standard InChI is InChI=1S/C15H25F3N2O/c1-10-5-7-12(8-6-10)19-14(21)20-13-4-2-3-11(9-13)15(16,17)18/h10-13H,2-9H2,1H3,(H2,19,20,21)/t10?,11-,12?,13+/m0/s1. The van der Waals surface area contributed by atoms with Crippen LogP contribution in [0.2, 0.25) is 0 Å². The number of carbonyl (C=O) groups is 1. The van der Waals surface area contributed by atoms with Gasteiger partial charge >= 0.3 is 12.2 Å². The summed E-state index contributed by atoms with van der Waals surface area (Å²) in [6.07, 6.45) is 1.35. The lowest BCUT2D eigenvalue weighted by Gasteiger charge is -2.32. The van der Waals surface area contributed by atoms with Gasteiger partial charge in [0.2, 0.25) is 0 Å². The van der Waals surface area contributed by atoms with Crippen LogP contribution in [-0.4, -0.2) is 24.3 Å². The number of urea groups is 1. The van der Waals surface area contributed by atoms with Crippen LogP contribution in [0, 0.1) is 11.8 Å². The number of alkyl halides is 3. The molecular weight excluding hydrogens is 281 g/mol. The average molecular weight is 306 g/mol. The van der Waals surface area contributed by atoms with Crippen LogP contribution in [0.4, 0.5) is 18.0 Å². The minimum absolute atomic E-state index is 0.0125. The molecule has 2 aliphatic rings. The van der Waals surface area contributed by atoms with Gasteiger partial charge in [0.15, 0.2) is 0 Å². The van der Waals surface area contributed by atoms with Crippen molar-refractivity contribution in [1.29, 1.82) is 0 Å². The molecule has 0 aromatic rings. The summed E-state index contributed by atoms with van der Waals surface area (Å²) in [7, 11) is 0. The number of halogens is 3. The molecular formula is C15H25F3N2O. The summed E-state index contributed by atoms with van der Waals surface area (Å²) in [5, 5.41) is 5.64. The van der Waals surface area contributed by atoms with E-state index in [9.17, 15) is 18.0 Å². The van der Waals surface area contributed by atoms with Crippen molar-refractivity contribution in [2.24, 2.45) is 11.8 Å². The molecule has 122 valence electrons. The first-order chi connectivity index (χ1) is 9.84. The third kappa shape index (κ3) is 5.08. The molecule has 21 heavy (non-hydrogen) atoms. The molecule has 0 bridgehead atoms. The minimum Gasteiger partial charge on any atom is -0.335 e. The van der Waals surface area contributed by atoms with E-state index in [1.54, 1.807) is 0 Å². The number of hydrogen-bond donors (Lipinski definition) is 2. The first-order valence-corrected chi connectivity index (χ1v) is 7.98. The lowest BCUT2D eigenvalue weighted by Crippen LogP contribution is -2.49. The van der Waals surface area contributed by atoms with Gasteiger partial charge in [0.1, 0.15) is 0 Å². The van der Waals surface area contributed by atoms with Crippen LogP contribution in [0.5, 0.6) is 0 Å². The van der Waals surface area contributed by atoms with Crippen molar-refractivity contribution in [3.05, 3.63) is 0 Å². The van der Waals surface area contributed by atoms with Gasteiger partial charge in [-0.25, -0.2) is 4.79 Å². The van der Waals surface area contributed by atoms with E-state index >= 15 is 0 Å². The first kappa shape index (κ1) is 16.4. The Morgan fingerprint density at radius 1 is 0.952 bits per heavy atom. The Kier molecular flexibility index (Phi) is 5.38. The van der Waals surface area contributed by atoms with E-state index in [-0.39, 0.29) is 31.0 Å². The molecule has 2 amide bonds. The van der Waals surface area contributed by atoms with Gasteiger partial charge in [0.25, 0.3) is 0 Å². The van der Waals surface area contributed by atoms with E-state index < -0.39 is 12.1 Å². The van der Waals surface area contributed by atoms with Gasteiger partial charge < -0.3 is 10.6 Å². The molecule has 6 heteroatoms. The van der Waals surface area contributed by atoms with Gasteiger partial charge in [-0.2, -0.15) is 13.2 Å². The van der Waals surface area contributed by atoms with Crippen LogP contribution >= 0.6 is 0 Å². The Labute approximate surface area is 124 Å². The summed E-state index contributed by atoms with van der Waals surface area (Å²) >= 11 is 0. The van der Waals surface area contributed by atoms with Crippen molar-refractivity contribution in [1.82, 2.24) is 10.6 Å². The molecule has 0 radical (unpaired) electrons. The Morgan fingerprint density at radius 2 is 1.57 bits per heavy atom. The van der Waals surface area contributed by atoms with E-state index in [1.165, 1.54) is 0 Å². The normalized spacial score (nSPS) is 34.3. The Hall–Kier alpha value is -0.940. The lowest BCUT2D eigenvalue weighted by molar-refractivity contribution is -0.183. The highest BCUT2D eigenvalue weighted by molar-refractivity contribution is 5.74. The van der Waals surface area contributed by atoms with Crippen molar-refractivity contribution >= 4 is 6.03 Å². The largest absolute Gasteiger partial charge is 0.391 e. The second-order valence-electron chi connectivity index (χ2n) is 6.68. The molecule has 2 rings (SSSR count). The third-order valence-electron chi connectivity index (χ3n) is 4.82. The van der Waals surface area contributed by atoms with Crippen LogP contribution in [0.15, 0.2) is 0 Å². The molecule has 2 fully saturated rings. The maximum absolute atomic E-state index is 12.7. The molecule has 0 heterocycles. The molecule has 3 nitrogen and oxygen atoms in total. The Bertz CT molecular complexity index is 351. The van der Waals surface area contributed by atoms with E-state index in [4.69, 9.17) is 0 Å². The molecule has 0 aromatic heterocycles. The molecule has 2 N–H and O–H groups in total. The highest BCUT2D eigenvalue weighted by atomic mass is 19.4. The van der Waals surface area contributed by atoms with Gasteiger partial charge in [-0.05, 0) is 50.9 Å². The van der Waals surface area contributed by atoms with Crippen LogP contribution in [-0.2, 0) is 0 Å². The summed E-state index contributed by atoms with van der Waals surface area (Å²) in [6.45, 7) is 2.20. The van der Waals surface area contributed by atoms with Crippen molar-refractivity contribution in [3.63, 3.8) is 0 Å². The summed E-state index contributed by atoms with van der Waals surface area (Å²) in [5.74, 6) is -0.566. The highest BCUT2D eigenvalue weighted by Crippen LogP contribution is 2.37. The SMILES string of the molecule is CC1CCC(NC(=O)N[C@@H]2CCC[C@H](C(F)(F)F)C2)CC1. The van der Waals surface area contributed by atoms with Crippen molar-refractivity contribution in [3.8, 4) is 0 Å². The van der Waals surface area contributed by atoms with Gasteiger partial charge in [-0.3, -0.25) is 0 Å². The predicted molar refractivity (Wildman–Crippen MR) is 74.9 cm³/mol. The fraction of sp³-hybridized carbons (Fsp3) is 0.933. The van der Waals surface area contributed by atoms with Crippen molar-refractivity contribution in [2.45, 2.75) is 76.6 Å². The van der Waals surface area contributed by atoms with Gasteiger partial charge in [-0.1, -0.05) is 13.3 Å². The van der Waals surface area contributed by atoms with E-state index in [2.05, 4.69) is 17.6 Å². The summed E-state index contributed by atoms with van der Waals surface area (Å²) in [5.41, 5.74) is 0. The zero-order valence-corrected chi connectivity index (χ0v) is 12.5. The zero-order chi connectivity index (χ0) is 15.5. The first-order valence-electron chi connectivity index (χ1n) is 7.98. The maximum Gasteiger partial charge on any atom is 0.391 e. The van der Waals surface area contributed by atoms with Crippen molar-refractivity contribution < 1.29 is 18.0 Å². The summed E-state index contributed by atoms with van der Waals surface area (Å²) in [6, 6.07) is -0.488. The highest BCUT2D eigenvalue weighted by Gasteiger charge is 2.42. The van der Waals surface area contributed by atoms with Gasteiger partial charge in [0, 0.05) is 12.1 Å². The fourth-order valence-electron chi connectivity index (χ4n) is 3.44. The average Bonchev–Trinajstić information content (AvgIpc) is 2.41. The second-order valence-corrected chi connectivity index (χ2v) is 6.68. The fourth-order valence-corrected chi connectivity index (χ4v) is 3.44. The summed E-state index contributed by atoms with van der Waals surface area (Å²) < 4.78 is 38.2. The third-order valence-corrected chi connectivity index (χ3v) is 4.82. The van der Waals surface area contributed by atoms with E-state index in [1.807, 2.05) is 0 Å². The maximum atomic E-state index is 12.7. The monoisotopic (exact) mass is 306 g/mol. The minimum atomic E-state index is -4.14. The lowest BCUT2D eigenvalue weighted by atomic mass is 9.85. The molecule has 0 spiro atoms. The van der Waals surface area contributed by atoms with Gasteiger partial charge in [0.05, 0.1) is 5.92 Å². The molecule has 0 aliphatic heterocycles. The Morgan fingerprint density at radius 3 is 2.19 bits per heavy atom. The number of nitrogens with one attached hydrogen (secondary N) is 2. The molecule has 0 unspecified atom stereocenters. The molecule has 2 saturated carbocycles.